The third-order valence-electron chi connectivity index (χ3n) is 3.40. The maximum Gasteiger partial charge on any atom is 0.206 e. The average molecular weight is 248 g/mol. The molecule has 0 bridgehead atoms. The van der Waals surface area contributed by atoms with Gasteiger partial charge in [0.05, 0.1) is 17.3 Å². The van der Waals surface area contributed by atoms with E-state index in [1.165, 1.54) is 0 Å². The molecule has 0 aliphatic carbocycles. The van der Waals surface area contributed by atoms with Gasteiger partial charge in [-0.2, -0.15) is 0 Å². The van der Waals surface area contributed by atoms with Crippen molar-refractivity contribution in [2.24, 2.45) is 0 Å². The van der Waals surface area contributed by atoms with Crippen molar-refractivity contribution in [3.05, 3.63) is 36.4 Å². The van der Waals surface area contributed by atoms with Gasteiger partial charge in [-0.3, -0.25) is 0 Å². The van der Waals surface area contributed by atoms with Gasteiger partial charge in [0.15, 0.2) is 0 Å². The number of rotatable bonds is 7. The molecule has 2 rings (SSSR count). The summed E-state index contributed by atoms with van der Waals surface area (Å²) in [5.41, 5.74) is 0.696. The van der Waals surface area contributed by atoms with E-state index >= 15 is 0 Å². The zero-order valence-corrected chi connectivity index (χ0v) is 11.1. The van der Waals surface area contributed by atoms with E-state index in [1.807, 2.05) is 6.07 Å². The van der Waals surface area contributed by atoms with Gasteiger partial charge in [-0.15, -0.1) is 0 Å². The van der Waals surface area contributed by atoms with Crippen LogP contribution in [0.15, 0.2) is 33.7 Å². The fraction of sp³-hybridized carbons (Fsp3) is 0.571. The molecular weight excluding hydrogens is 228 g/mol. The van der Waals surface area contributed by atoms with Crippen LogP contribution in [0.4, 0.5) is 0 Å². The molecule has 0 fully saturated rings. The van der Waals surface area contributed by atoms with Crippen molar-refractivity contribution >= 4 is 0 Å². The van der Waals surface area contributed by atoms with Crippen LogP contribution < -0.4 is 0 Å². The summed E-state index contributed by atoms with van der Waals surface area (Å²) < 4.78 is 10.6. The molecule has 1 unspecified atom stereocenters. The fourth-order valence-corrected chi connectivity index (χ4v) is 2.53. The summed E-state index contributed by atoms with van der Waals surface area (Å²) in [4.78, 5) is 4.37. The molecule has 0 radical (unpaired) electrons. The van der Waals surface area contributed by atoms with Crippen LogP contribution in [-0.4, -0.2) is 10.1 Å². The van der Waals surface area contributed by atoms with Crippen molar-refractivity contribution in [2.45, 2.75) is 51.4 Å². The quantitative estimate of drug-likeness (QED) is 0.744. The van der Waals surface area contributed by atoms with Crippen LogP contribution in [0.1, 0.15) is 57.5 Å². The van der Waals surface area contributed by atoms with Crippen LogP contribution in [0, 0.1) is 0 Å². The van der Waals surface area contributed by atoms with Crippen molar-refractivity contribution in [3.63, 3.8) is 0 Å². The summed E-state index contributed by atoms with van der Waals surface area (Å²) >= 11 is 0. The van der Waals surface area contributed by atoms with Crippen molar-refractivity contribution < 1.29 is 8.94 Å². The van der Waals surface area contributed by atoms with E-state index in [0.717, 1.165) is 43.7 Å². The van der Waals surface area contributed by atoms with Gasteiger partial charge in [-0.25, -0.2) is 4.98 Å². The Labute approximate surface area is 107 Å². The predicted octanol–water partition coefficient (Wildman–Crippen LogP) is 3.94. The molecule has 0 saturated carbocycles. The number of unbranched alkanes of at least 4 members (excludes halogenated alkanes) is 1. The van der Waals surface area contributed by atoms with E-state index in [0.29, 0.717) is 0 Å². The van der Waals surface area contributed by atoms with Gasteiger partial charge in [-0.1, -0.05) is 38.3 Å². The molecule has 0 spiro atoms. The molecule has 2 aromatic heterocycles. The summed E-state index contributed by atoms with van der Waals surface area (Å²) in [6.45, 7) is 4.36. The third-order valence-corrected chi connectivity index (χ3v) is 3.40. The predicted molar refractivity (Wildman–Crippen MR) is 68.2 cm³/mol. The van der Waals surface area contributed by atoms with Gasteiger partial charge in [0.25, 0.3) is 0 Å². The Morgan fingerprint density at radius 2 is 2.06 bits per heavy atom. The van der Waals surface area contributed by atoms with Crippen molar-refractivity contribution in [1.29, 1.82) is 0 Å². The van der Waals surface area contributed by atoms with Crippen molar-refractivity contribution in [1.82, 2.24) is 10.1 Å². The summed E-state index contributed by atoms with van der Waals surface area (Å²) in [6, 6.07) is 1.93. The smallest absolute Gasteiger partial charge is 0.206 e. The molecule has 0 aromatic carbocycles. The van der Waals surface area contributed by atoms with Crippen LogP contribution in [0.2, 0.25) is 0 Å². The van der Waals surface area contributed by atoms with Gasteiger partial charge < -0.3 is 8.94 Å². The molecule has 4 heteroatoms. The highest BCUT2D eigenvalue weighted by Crippen LogP contribution is 2.39. The molecule has 2 aromatic rings. The minimum atomic E-state index is -0.235. The van der Waals surface area contributed by atoms with E-state index in [2.05, 4.69) is 24.0 Å². The van der Waals surface area contributed by atoms with Gasteiger partial charge in [-0.05, 0) is 12.8 Å². The lowest BCUT2D eigenvalue weighted by atomic mass is 9.76. The number of oxazole rings is 1. The number of nitrogens with zero attached hydrogens (tertiary/aromatic N) is 2. The van der Waals surface area contributed by atoms with E-state index < -0.39 is 0 Å². The minimum Gasteiger partial charge on any atom is -0.448 e. The van der Waals surface area contributed by atoms with E-state index in [-0.39, 0.29) is 5.41 Å². The Morgan fingerprint density at radius 1 is 1.17 bits per heavy atom. The second-order valence-corrected chi connectivity index (χ2v) is 4.66. The number of hydrogen-bond donors (Lipinski definition) is 0. The van der Waals surface area contributed by atoms with Crippen LogP contribution >= 0.6 is 0 Å². The Hall–Kier alpha value is -1.58. The van der Waals surface area contributed by atoms with Crippen LogP contribution in [-0.2, 0) is 5.41 Å². The lowest BCUT2D eigenvalue weighted by molar-refractivity contribution is 0.296. The molecule has 98 valence electrons. The Bertz CT molecular complexity index is 400. The van der Waals surface area contributed by atoms with Crippen molar-refractivity contribution in [3.8, 4) is 0 Å². The molecule has 0 saturated heterocycles. The molecular formula is C14H20N2O2. The van der Waals surface area contributed by atoms with Crippen molar-refractivity contribution in [2.75, 3.05) is 0 Å². The lowest BCUT2D eigenvalue weighted by Crippen LogP contribution is -2.28. The molecule has 4 nitrogen and oxygen atoms in total. The van der Waals surface area contributed by atoms with Gasteiger partial charge in [0, 0.05) is 6.07 Å². The van der Waals surface area contributed by atoms with Gasteiger partial charge in [0.2, 0.25) is 5.89 Å². The van der Waals surface area contributed by atoms with E-state index in [4.69, 9.17) is 8.94 Å². The first-order valence-corrected chi connectivity index (χ1v) is 6.64. The SMILES string of the molecule is CCCCC(CCC)(c1ccon1)c1ncco1. The molecule has 1 atom stereocenters. The second kappa shape index (κ2) is 5.85. The third kappa shape index (κ3) is 2.33. The molecule has 18 heavy (non-hydrogen) atoms. The van der Waals surface area contributed by atoms with Crippen LogP contribution in [0.3, 0.4) is 0 Å². The monoisotopic (exact) mass is 248 g/mol. The first-order chi connectivity index (χ1) is 8.83. The minimum absolute atomic E-state index is 0.235. The highest BCUT2D eigenvalue weighted by Gasteiger charge is 2.39. The first-order valence-electron chi connectivity index (χ1n) is 6.64. The normalized spacial score (nSPS) is 14.6. The fourth-order valence-electron chi connectivity index (χ4n) is 2.53. The Morgan fingerprint density at radius 3 is 2.61 bits per heavy atom. The molecule has 2 heterocycles. The maximum atomic E-state index is 5.58. The lowest BCUT2D eigenvalue weighted by Gasteiger charge is -2.28. The van der Waals surface area contributed by atoms with Gasteiger partial charge in [0.1, 0.15) is 12.5 Å². The van der Waals surface area contributed by atoms with Crippen LogP contribution in [0.25, 0.3) is 0 Å². The summed E-state index contributed by atoms with van der Waals surface area (Å²) in [5, 5.41) is 4.14. The Kier molecular flexibility index (Phi) is 4.18. The summed E-state index contributed by atoms with van der Waals surface area (Å²) in [5.74, 6) is 0.756. The molecule has 0 aliphatic heterocycles. The molecule has 0 aliphatic rings. The maximum absolute atomic E-state index is 5.58. The highest BCUT2D eigenvalue weighted by atomic mass is 16.5. The highest BCUT2D eigenvalue weighted by molar-refractivity contribution is 5.24. The van der Waals surface area contributed by atoms with E-state index in [9.17, 15) is 0 Å². The zero-order chi connectivity index (χ0) is 12.8. The van der Waals surface area contributed by atoms with Crippen LogP contribution in [0.5, 0.6) is 0 Å². The summed E-state index contributed by atoms with van der Waals surface area (Å²) in [6.07, 6.45) is 10.2. The summed E-state index contributed by atoms with van der Waals surface area (Å²) in [7, 11) is 0. The first kappa shape index (κ1) is 12.9. The van der Waals surface area contributed by atoms with E-state index in [1.54, 1.807) is 18.7 Å². The topological polar surface area (TPSA) is 52.1 Å². The molecule has 0 N–H and O–H groups in total. The largest absolute Gasteiger partial charge is 0.448 e. The number of aromatic nitrogens is 2. The zero-order valence-electron chi connectivity index (χ0n) is 11.1. The number of hydrogen-bond acceptors (Lipinski definition) is 4. The van der Waals surface area contributed by atoms with Gasteiger partial charge >= 0.3 is 0 Å². The standard InChI is InChI=1S/C14H20N2O2/c1-3-5-8-14(7-4-2,12-6-10-18-16-12)13-15-9-11-17-13/h6,9-11H,3-5,7-8H2,1-2H3. The second-order valence-electron chi connectivity index (χ2n) is 4.66. The average Bonchev–Trinajstić information content (AvgIpc) is 3.06. The Balaban J connectivity index is 2.41. The molecule has 0 amide bonds.